The first-order chi connectivity index (χ1) is 11.7. The molecule has 0 spiro atoms. The van der Waals surface area contributed by atoms with Gasteiger partial charge < -0.3 is 19.1 Å². The smallest absolute Gasteiger partial charge is 0.231 e. The summed E-state index contributed by atoms with van der Waals surface area (Å²) in [7, 11) is 0. The highest BCUT2D eigenvalue weighted by molar-refractivity contribution is 5.66. The number of benzene rings is 1. The molecule has 1 aromatic heterocycles. The minimum Gasteiger partial charge on any atom is -0.454 e. The first kappa shape index (κ1) is 15.5. The van der Waals surface area contributed by atoms with Crippen LogP contribution in [0, 0.1) is 18.8 Å². The molecular formula is C19H24N2O3. The standard InChI is InChI=1S/C19H24N2O3/c1-13-8-17-18(24-12-23-17)9-16(13)19-20-6-7-21(19)10-14-2-4-15(11-22)5-3-14/h6-9,14-15,22H,2-5,10-12H2,1H3. The highest BCUT2D eigenvalue weighted by Gasteiger charge is 2.23. The molecule has 128 valence electrons. The summed E-state index contributed by atoms with van der Waals surface area (Å²) in [4.78, 5) is 4.60. The largest absolute Gasteiger partial charge is 0.454 e. The molecule has 0 radical (unpaired) electrons. The van der Waals surface area contributed by atoms with Gasteiger partial charge in [0.1, 0.15) is 5.82 Å². The molecule has 1 saturated carbocycles. The van der Waals surface area contributed by atoms with E-state index in [4.69, 9.17) is 9.47 Å². The van der Waals surface area contributed by atoms with Crippen LogP contribution in [0.15, 0.2) is 24.5 Å². The number of aliphatic hydroxyl groups excluding tert-OH is 1. The van der Waals surface area contributed by atoms with Crippen LogP contribution in [-0.2, 0) is 6.54 Å². The van der Waals surface area contributed by atoms with Gasteiger partial charge in [-0.15, -0.1) is 0 Å². The van der Waals surface area contributed by atoms with Gasteiger partial charge in [0, 0.05) is 31.1 Å². The van der Waals surface area contributed by atoms with Crippen molar-refractivity contribution < 1.29 is 14.6 Å². The van der Waals surface area contributed by atoms with E-state index in [1.807, 2.05) is 18.3 Å². The van der Waals surface area contributed by atoms with Crippen molar-refractivity contribution in [2.75, 3.05) is 13.4 Å². The molecule has 1 N–H and O–H groups in total. The van der Waals surface area contributed by atoms with Crippen molar-refractivity contribution in [2.45, 2.75) is 39.2 Å². The average Bonchev–Trinajstić information content (AvgIpc) is 3.23. The van der Waals surface area contributed by atoms with Crippen molar-refractivity contribution in [1.29, 1.82) is 0 Å². The summed E-state index contributed by atoms with van der Waals surface area (Å²) in [5.74, 6) is 3.77. The van der Waals surface area contributed by atoms with E-state index in [2.05, 4.69) is 22.7 Å². The predicted molar refractivity (Wildman–Crippen MR) is 91.1 cm³/mol. The lowest BCUT2D eigenvalue weighted by molar-refractivity contribution is 0.161. The Bertz CT molecular complexity index is 717. The minimum absolute atomic E-state index is 0.292. The van der Waals surface area contributed by atoms with Crippen LogP contribution in [0.3, 0.4) is 0 Å². The van der Waals surface area contributed by atoms with Crippen LogP contribution in [0.4, 0.5) is 0 Å². The third-order valence-electron chi connectivity index (χ3n) is 5.36. The molecule has 1 aliphatic carbocycles. The fraction of sp³-hybridized carbons (Fsp3) is 0.526. The van der Waals surface area contributed by atoms with E-state index in [0.717, 1.165) is 47.8 Å². The molecular weight excluding hydrogens is 304 g/mol. The zero-order valence-corrected chi connectivity index (χ0v) is 14.1. The van der Waals surface area contributed by atoms with Gasteiger partial charge in [-0.05, 0) is 62.1 Å². The van der Waals surface area contributed by atoms with E-state index in [-0.39, 0.29) is 0 Å². The Labute approximate surface area is 142 Å². The maximum atomic E-state index is 9.30. The van der Waals surface area contributed by atoms with Crippen LogP contribution < -0.4 is 9.47 Å². The molecule has 2 aromatic rings. The summed E-state index contributed by atoms with van der Waals surface area (Å²) in [5, 5.41) is 9.30. The average molecular weight is 328 g/mol. The number of imidazole rings is 1. The summed E-state index contributed by atoms with van der Waals surface area (Å²) in [6, 6.07) is 4.07. The molecule has 2 aliphatic rings. The summed E-state index contributed by atoms with van der Waals surface area (Å²) < 4.78 is 13.2. The molecule has 4 rings (SSSR count). The number of aryl methyl sites for hydroxylation is 1. The third kappa shape index (κ3) is 2.88. The Morgan fingerprint density at radius 2 is 1.83 bits per heavy atom. The monoisotopic (exact) mass is 328 g/mol. The molecule has 1 aliphatic heterocycles. The molecule has 0 saturated heterocycles. The molecule has 0 bridgehead atoms. The predicted octanol–water partition coefficient (Wildman–Crippen LogP) is 3.39. The fourth-order valence-corrected chi connectivity index (χ4v) is 3.86. The van der Waals surface area contributed by atoms with Gasteiger partial charge in [-0.2, -0.15) is 0 Å². The molecule has 0 unspecified atom stereocenters. The van der Waals surface area contributed by atoms with E-state index in [9.17, 15) is 5.11 Å². The summed E-state index contributed by atoms with van der Waals surface area (Å²) in [6.45, 7) is 3.70. The second-order valence-corrected chi connectivity index (χ2v) is 6.99. The lowest BCUT2D eigenvalue weighted by atomic mass is 9.82. The molecule has 0 atom stereocenters. The lowest BCUT2D eigenvalue weighted by Crippen LogP contribution is -2.21. The Balaban J connectivity index is 1.55. The van der Waals surface area contributed by atoms with Crippen LogP contribution >= 0.6 is 0 Å². The number of aliphatic hydroxyl groups is 1. The van der Waals surface area contributed by atoms with Crippen molar-refractivity contribution in [3.63, 3.8) is 0 Å². The van der Waals surface area contributed by atoms with E-state index >= 15 is 0 Å². The zero-order valence-electron chi connectivity index (χ0n) is 14.1. The number of rotatable bonds is 4. The van der Waals surface area contributed by atoms with E-state index in [1.165, 1.54) is 12.8 Å². The van der Waals surface area contributed by atoms with Gasteiger partial charge >= 0.3 is 0 Å². The SMILES string of the molecule is Cc1cc2c(cc1-c1nccn1CC1CCC(CO)CC1)OCO2. The number of hydrogen-bond acceptors (Lipinski definition) is 4. The Hall–Kier alpha value is -2.01. The first-order valence-corrected chi connectivity index (χ1v) is 8.77. The van der Waals surface area contributed by atoms with Crippen LogP contribution in [0.5, 0.6) is 11.5 Å². The Morgan fingerprint density at radius 3 is 2.58 bits per heavy atom. The highest BCUT2D eigenvalue weighted by atomic mass is 16.7. The van der Waals surface area contributed by atoms with Crippen molar-refractivity contribution in [1.82, 2.24) is 9.55 Å². The third-order valence-corrected chi connectivity index (χ3v) is 5.36. The maximum absolute atomic E-state index is 9.30. The van der Waals surface area contributed by atoms with Gasteiger partial charge in [-0.1, -0.05) is 0 Å². The molecule has 0 amide bonds. The minimum atomic E-state index is 0.292. The van der Waals surface area contributed by atoms with Crippen molar-refractivity contribution in [3.05, 3.63) is 30.1 Å². The summed E-state index contributed by atoms with van der Waals surface area (Å²) in [5.41, 5.74) is 2.25. The fourth-order valence-electron chi connectivity index (χ4n) is 3.86. The number of hydrogen-bond donors (Lipinski definition) is 1. The number of ether oxygens (including phenoxy) is 2. The second kappa shape index (κ2) is 6.48. The molecule has 1 aromatic carbocycles. The molecule has 24 heavy (non-hydrogen) atoms. The topological polar surface area (TPSA) is 56.5 Å². The van der Waals surface area contributed by atoms with Crippen LogP contribution in [0.1, 0.15) is 31.2 Å². The molecule has 5 nitrogen and oxygen atoms in total. The molecule has 2 heterocycles. The molecule has 1 fully saturated rings. The van der Waals surface area contributed by atoms with E-state index in [1.54, 1.807) is 0 Å². The van der Waals surface area contributed by atoms with Crippen molar-refractivity contribution in [3.8, 4) is 22.9 Å². The van der Waals surface area contributed by atoms with Crippen molar-refractivity contribution in [2.24, 2.45) is 11.8 Å². The van der Waals surface area contributed by atoms with Gasteiger partial charge in [0.05, 0.1) is 0 Å². The second-order valence-electron chi connectivity index (χ2n) is 6.99. The van der Waals surface area contributed by atoms with Crippen LogP contribution in [0.25, 0.3) is 11.4 Å². The van der Waals surface area contributed by atoms with Gasteiger partial charge in [0.15, 0.2) is 11.5 Å². The van der Waals surface area contributed by atoms with Crippen molar-refractivity contribution >= 4 is 0 Å². The van der Waals surface area contributed by atoms with E-state index in [0.29, 0.717) is 25.2 Å². The van der Waals surface area contributed by atoms with Crippen LogP contribution in [-0.4, -0.2) is 28.1 Å². The Kier molecular flexibility index (Phi) is 4.19. The van der Waals surface area contributed by atoms with Crippen LogP contribution in [0.2, 0.25) is 0 Å². The number of nitrogens with zero attached hydrogens (tertiary/aromatic N) is 2. The van der Waals surface area contributed by atoms with E-state index < -0.39 is 0 Å². The highest BCUT2D eigenvalue weighted by Crippen LogP contribution is 2.38. The van der Waals surface area contributed by atoms with Gasteiger partial charge in [-0.25, -0.2) is 4.98 Å². The van der Waals surface area contributed by atoms with Gasteiger partial charge in [0.2, 0.25) is 6.79 Å². The van der Waals surface area contributed by atoms with Gasteiger partial charge in [-0.3, -0.25) is 0 Å². The lowest BCUT2D eigenvalue weighted by Gasteiger charge is -2.28. The number of aromatic nitrogens is 2. The summed E-state index contributed by atoms with van der Waals surface area (Å²) >= 11 is 0. The zero-order chi connectivity index (χ0) is 16.5. The Morgan fingerprint density at radius 1 is 1.12 bits per heavy atom. The molecule has 5 heteroatoms. The first-order valence-electron chi connectivity index (χ1n) is 8.77. The summed E-state index contributed by atoms with van der Waals surface area (Å²) in [6.07, 6.45) is 8.57. The maximum Gasteiger partial charge on any atom is 0.231 e. The normalized spacial score (nSPS) is 22.8. The number of fused-ring (bicyclic) bond motifs is 1. The quantitative estimate of drug-likeness (QED) is 0.935. The van der Waals surface area contributed by atoms with Gasteiger partial charge in [0.25, 0.3) is 0 Å².